The molecule has 1 N–H and O–H groups in total. The summed E-state index contributed by atoms with van der Waals surface area (Å²) in [5.74, 6) is -0.594. The van der Waals surface area contributed by atoms with Crippen molar-refractivity contribution < 1.29 is 9.18 Å². The minimum absolute atomic E-state index is 0.268. The molecule has 2 heterocycles. The lowest BCUT2D eigenvalue weighted by Gasteiger charge is -2.17. The average Bonchev–Trinajstić information content (AvgIpc) is 3.14. The van der Waals surface area contributed by atoms with Crippen LogP contribution in [0, 0.1) is 12.7 Å². The van der Waals surface area contributed by atoms with Crippen LogP contribution in [0.15, 0.2) is 36.7 Å². The first kappa shape index (κ1) is 15.3. The van der Waals surface area contributed by atoms with Gasteiger partial charge in [-0.15, -0.1) is 5.10 Å². The van der Waals surface area contributed by atoms with Crippen molar-refractivity contribution in [3.05, 3.63) is 64.2 Å². The zero-order chi connectivity index (χ0) is 16.4. The van der Waals surface area contributed by atoms with Crippen LogP contribution in [0.5, 0.6) is 0 Å². The first-order chi connectivity index (χ1) is 11.0. The molecule has 0 spiro atoms. The zero-order valence-corrected chi connectivity index (χ0v) is 13.3. The summed E-state index contributed by atoms with van der Waals surface area (Å²) in [5, 5.41) is 10.9. The lowest BCUT2D eigenvalue weighted by atomic mass is 10.0. The van der Waals surface area contributed by atoms with E-state index in [1.54, 1.807) is 37.0 Å². The van der Waals surface area contributed by atoms with Crippen molar-refractivity contribution in [2.75, 3.05) is 0 Å². The van der Waals surface area contributed by atoms with Crippen LogP contribution < -0.4 is 5.32 Å². The van der Waals surface area contributed by atoms with Gasteiger partial charge >= 0.3 is 0 Å². The van der Waals surface area contributed by atoms with Gasteiger partial charge < -0.3 is 5.32 Å². The molecule has 0 radical (unpaired) electrons. The second kappa shape index (κ2) is 6.25. The van der Waals surface area contributed by atoms with Crippen molar-refractivity contribution in [1.29, 1.82) is 0 Å². The molecular formula is C15H14FN5OS. The number of aromatic nitrogens is 4. The molecule has 3 rings (SSSR count). The number of benzene rings is 1. The minimum Gasteiger partial charge on any atom is -0.340 e. The molecule has 2 aromatic heterocycles. The molecule has 8 heteroatoms. The van der Waals surface area contributed by atoms with Gasteiger partial charge in [-0.25, -0.2) is 4.39 Å². The molecule has 3 aromatic rings. The summed E-state index contributed by atoms with van der Waals surface area (Å²) < 4.78 is 18.6. The van der Waals surface area contributed by atoms with E-state index in [4.69, 9.17) is 0 Å². The van der Waals surface area contributed by atoms with Crippen LogP contribution in [0.4, 0.5) is 4.39 Å². The number of nitrogens with one attached hydrogen (secondary N) is 1. The normalized spacial score (nSPS) is 12.1. The number of hydrogen-bond donors (Lipinski definition) is 1. The molecule has 0 unspecified atom stereocenters. The van der Waals surface area contributed by atoms with Gasteiger partial charge in [-0.3, -0.25) is 9.48 Å². The lowest BCUT2D eigenvalue weighted by Crippen LogP contribution is -2.29. The molecule has 0 bridgehead atoms. The molecule has 23 heavy (non-hydrogen) atoms. The van der Waals surface area contributed by atoms with Gasteiger partial charge in [-0.1, -0.05) is 16.6 Å². The Balaban J connectivity index is 1.94. The van der Waals surface area contributed by atoms with Gasteiger partial charge in [0.2, 0.25) is 0 Å². The van der Waals surface area contributed by atoms with Crippen LogP contribution in [0.25, 0.3) is 0 Å². The second-order valence-electron chi connectivity index (χ2n) is 5.09. The van der Waals surface area contributed by atoms with Crippen molar-refractivity contribution in [2.45, 2.75) is 13.0 Å². The summed E-state index contributed by atoms with van der Waals surface area (Å²) in [6, 6.07) is 5.59. The highest BCUT2D eigenvalue weighted by Crippen LogP contribution is 2.23. The first-order valence-electron chi connectivity index (χ1n) is 6.88. The maximum Gasteiger partial charge on any atom is 0.265 e. The highest BCUT2D eigenvalue weighted by molar-refractivity contribution is 7.08. The van der Waals surface area contributed by atoms with Crippen LogP contribution in [-0.4, -0.2) is 25.3 Å². The Morgan fingerprint density at radius 2 is 2.04 bits per heavy atom. The predicted molar refractivity (Wildman–Crippen MR) is 83.6 cm³/mol. The Bertz CT molecular complexity index is 827. The van der Waals surface area contributed by atoms with Crippen LogP contribution >= 0.6 is 11.5 Å². The Morgan fingerprint density at radius 1 is 1.30 bits per heavy atom. The highest BCUT2D eigenvalue weighted by Gasteiger charge is 2.21. The molecule has 0 fully saturated rings. The molecular weight excluding hydrogens is 317 g/mol. The Labute approximate surface area is 136 Å². The largest absolute Gasteiger partial charge is 0.340 e. The number of rotatable bonds is 4. The van der Waals surface area contributed by atoms with E-state index in [0.717, 1.165) is 22.7 Å². The number of hydrogen-bond acceptors (Lipinski definition) is 5. The molecule has 6 nitrogen and oxygen atoms in total. The third-order valence-electron chi connectivity index (χ3n) is 3.39. The van der Waals surface area contributed by atoms with Crippen molar-refractivity contribution in [2.24, 2.45) is 7.05 Å². The summed E-state index contributed by atoms with van der Waals surface area (Å²) in [4.78, 5) is 12.9. The highest BCUT2D eigenvalue weighted by atomic mass is 32.1. The van der Waals surface area contributed by atoms with E-state index in [0.29, 0.717) is 10.6 Å². The third-order valence-corrected chi connectivity index (χ3v) is 4.22. The van der Waals surface area contributed by atoms with Gasteiger partial charge in [0.15, 0.2) is 0 Å². The average molecular weight is 331 g/mol. The molecule has 1 amide bonds. The third kappa shape index (κ3) is 3.26. The lowest BCUT2D eigenvalue weighted by molar-refractivity contribution is 0.0946. The number of aryl methyl sites for hydroxylation is 2. The molecule has 1 aromatic carbocycles. The summed E-state index contributed by atoms with van der Waals surface area (Å²) >= 11 is 1.04. The summed E-state index contributed by atoms with van der Waals surface area (Å²) in [5.41, 5.74) is 2.15. The van der Waals surface area contributed by atoms with E-state index in [1.807, 2.05) is 6.20 Å². The number of nitrogens with zero attached hydrogens (tertiary/aromatic N) is 4. The van der Waals surface area contributed by atoms with Gasteiger partial charge in [0.05, 0.1) is 17.9 Å². The fourth-order valence-electron chi connectivity index (χ4n) is 2.24. The van der Waals surface area contributed by atoms with Crippen molar-refractivity contribution in [3.8, 4) is 0 Å². The quantitative estimate of drug-likeness (QED) is 0.796. The van der Waals surface area contributed by atoms with E-state index in [1.165, 1.54) is 12.1 Å². The van der Waals surface area contributed by atoms with E-state index in [9.17, 15) is 9.18 Å². The van der Waals surface area contributed by atoms with E-state index in [-0.39, 0.29) is 11.7 Å². The minimum atomic E-state index is -0.432. The standard InChI is InChI=1S/C15H14FN5OS/c1-9-14(23-20-19-9)15(22)18-13(11-7-17-21(2)8-11)10-3-5-12(16)6-4-10/h3-8,13H,1-2H3,(H,18,22)/t13-/m1/s1. The SMILES string of the molecule is Cc1nnsc1C(=O)N[C@H](c1ccc(F)cc1)c1cnn(C)c1. The number of halogens is 1. The zero-order valence-electron chi connectivity index (χ0n) is 12.5. The van der Waals surface area contributed by atoms with Crippen LogP contribution in [0.1, 0.15) is 32.5 Å². The van der Waals surface area contributed by atoms with Crippen LogP contribution in [-0.2, 0) is 7.05 Å². The predicted octanol–water partition coefficient (Wildman–Crippen LogP) is 2.24. The topological polar surface area (TPSA) is 72.7 Å². The van der Waals surface area contributed by atoms with Crippen LogP contribution in [0.3, 0.4) is 0 Å². The maximum absolute atomic E-state index is 13.2. The molecule has 1 atom stereocenters. The van der Waals surface area contributed by atoms with Crippen molar-refractivity contribution >= 4 is 17.4 Å². The van der Waals surface area contributed by atoms with Gasteiger partial charge in [0.1, 0.15) is 10.7 Å². The van der Waals surface area contributed by atoms with Crippen molar-refractivity contribution in [1.82, 2.24) is 24.7 Å². The smallest absolute Gasteiger partial charge is 0.265 e. The fraction of sp³-hybridized carbons (Fsp3) is 0.200. The molecule has 0 saturated carbocycles. The molecule has 0 aliphatic carbocycles. The van der Waals surface area contributed by atoms with E-state index < -0.39 is 6.04 Å². The number of amides is 1. The number of carbonyl (C=O) groups excluding carboxylic acids is 1. The molecule has 0 saturated heterocycles. The second-order valence-corrected chi connectivity index (χ2v) is 5.85. The maximum atomic E-state index is 13.2. The monoisotopic (exact) mass is 331 g/mol. The Morgan fingerprint density at radius 3 is 2.61 bits per heavy atom. The van der Waals surface area contributed by atoms with Gasteiger partial charge in [-0.05, 0) is 36.2 Å². The summed E-state index contributed by atoms with van der Waals surface area (Å²) in [7, 11) is 1.80. The fourth-order valence-corrected chi connectivity index (χ4v) is 2.80. The summed E-state index contributed by atoms with van der Waals surface area (Å²) in [6.07, 6.45) is 3.48. The van der Waals surface area contributed by atoms with Gasteiger partial charge in [0.25, 0.3) is 5.91 Å². The van der Waals surface area contributed by atoms with Crippen LogP contribution in [0.2, 0.25) is 0 Å². The van der Waals surface area contributed by atoms with Crippen molar-refractivity contribution in [3.63, 3.8) is 0 Å². The molecule has 118 valence electrons. The van der Waals surface area contributed by atoms with Gasteiger partial charge in [0, 0.05) is 18.8 Å². The Kier molecular flexibility index (Phi) is 4.16. The van der Waals surface area contributed by atoms with E-state index in [2.05, 4.69) is 20.0 Å². The molecule has 0 aliphatic rings. The number of carbonyl (C=O) groups is 1. The summed E-state index contributed by atoms with van der Waals surface area (Å²) in [6.45, 7) is 1.73. The van der Waals surface area contributed by atoms with E-state index >= 15 is 0 Å². The Hall–Kier alpha value is -2.61. The molecule has 0 aliphatic heterocycles. The first-order valence-corrected chi connectivity index (χ1v) is 7.66. The van der Waals surface area contributed by atoms with Gasteiger partial charge in [-0.2, -0.15) is 5.10 Å².